The number of nitrogens with one attached hydrogen (secondary N) is 2. The molecule has 1 heterocycles. The van der Waals surface area contributed by atoms with Crippen molar-refractivity contribution >= 4 is 33.2 Å². The highest BCUT2D eigenvalue weighted by Crippen LogP contribution is 2.22. The molecule has 1 amide bonds. The summed E-state index contributed by atoms with van der Waals surface area (Å²) in [7, 11) is -2.66. The highest BCUT2D eigenvalue weighted by Gasteiger charge is 2.22. The van der Waals surface area contributed by atoms with Crippen LogP contribution in [0.2, 0.25) is 5.02 Å². The molecule has 3 aromatic rings. The number of methoxy groups -OCH3 is 1. The van der Waals surface area contributed by atoms with Crippen LogP contribution in [-0.2, 0) is 16.6 Å². The fourth-order valence-corrected chi connectivity index (χ4v) is 4.09. The molecule has 0 saturated heterocycles. The molecule has 1 aromatic heterocycles. The Morgan fingerprint density at radius 3 is 2.67 bits per heavy atom. The fraction of sp³-hybridized carbons (Fsp3) is 0.100. The van der Waals surface area contributed by atoms with Crippen molar-refractivity contribution < 1.29 is 22.3 Å². The SMILES string of the molecule is COc1cncc(NS(=O)(=O)c2ccccc2C(=O)NCc2ccc(F)cc2Cl)c1. The highest BCUT2D eigenvalue weighted by molar-refractivity contribution is 7.92. The predicted molar refractivity (Wildman–Crippen MR) is 111 cm³/mol. The van der Waals surface area contributed by atoms with Gasteiger partial charge in [-0.25, -0.2) is 12.8 Å². The number of sulfonamides is 1. The van der Waals surface area contributed by atoms with Gasteiger partial charge in [-0.15, -0.1) is 0 Å². The minimum Gasteiger partial charge on any atom is -0.495 e. The summed E-state index contributed by atoms with van der Waals surface area (Å²) in [5.41, 5.74) is 0.620. The van der Waals surface area contributed by atoms with Crippen LogP contribution < -0.4 is 14.8 Å². The summed E-state index contributed by atoms with van der Waals surface area (Å²) < 4.78 is 46.3. The summed E-state index contributed by atoms with van der Waals surface area (Å²) in [4.78, 5) is 16.3. The lowest BCUT2D eigenvalue weighted by molar-refractivity contribution is 0.0947. The number of carbonyl (C=O) groups excluding carboxylic acids is 1. The smallest absolute Gasteiger partial charge is 0.262 e. The van der Waals surface area contributed by atoms with Crippen LogP contribution in [0, 0.1) is 5.82 Å². The van der Waals surface area contributed by atoms with Gasteiger partial charge in [0.05, 0.1) is 30.8 Å². The highest BCUT2D eigenvalue weighted by atomic mass is 35.5. The quantitative estimate of drug-likeness (QED) is 0.574. The molecular formula is C20H17ClFN3O4S. The van der Waals surface area contributed by atoms with Crippen LogP contribution in [0.25, 0.3) is 0 Å². The molecule has 2 N–H and O–H groups in total. The zero-order valence-corrected chi connectivity index (χ0v) is 17.3. The standard InChI is InChI=1S/C20H17ClFN3O4S/c1-29-16-9-15(11-23-12-16)25-30(27,28)19-5-3-2-4-17(19)20(26)24-10-13-6-7-14(22)8-18(13)21/h2-9,11-12,25H,10H2,1H3,(H,24,26). The molecular weight excluding hydrogens is 433 g/mol. The van der Waals surface area contributed by atoms with Gasteiger partial charge in [0.2, 0.25) is 0 Å². The molecule has 7 nitrogen and oxygen atoms in total. The van der Waals surface area contributed by atoms with Crippen molar-refractivity contribution in [3.8, 4) is 5.75 Å². The third-order valence-corrected chi connectivity index (χ3v) is 5.87. The lowest BCUT2D eigenvalue weighted by Crippen LogP contribution is -2.26. The van der Waals surface area contributed by atoms with E-state index < -0.39 is 21.7 Å². The molecule has 0 aliphatic heterocycles. The molecule has 0 unspecified atom stereocenters. The van der Waals surface area contributed by atoms with E-state index in [1.54, 1.807) is 6.07 Å². The van der Waals surface area contributed by atoms with Gasteiger partial charge in [-0.05, 0) is 29.8 Å². The Balaban J connectivity index is 1.82. The summed E-state index contributed by atoms with van der Waals surface area (Å²) in [6.07, 6.45) is 2.75. The number of ether oxygens (including phenoxy) is 1. The molecule has 0 aliphatic carbocycles. The van der Waals surface area contributed by atoms with E-state index in [9.17, 15) is 17.6 Å². The molecule has 10 heteroatoms. The number of nitrogens with zero attached hydrogens (tertiary/aromatic N) is 1. The van der Waals surface area contributed by atoms with E-state index in [1.807, 2.05) is 0 Å². The molecule has 0 saturated carbocycles. The molecule has 156 valence electrons. The Kier molecular flexibility index (Phi) is 6.53. The summed E-state index contributed by atoms with van der Waals surface area (Å²) in [5, 5.41) is 2.76. The molecule has 0 radical (unpaired) electrons. The van der Waals surface area contributed by atoms with Crippen LogP contribution in [0.5, 0.6) is 5.75 Å². The number of benzene rings is 2. The second-order valence-corrected chi connectivity index (χ2v) is 8.19. The molecule has 30 heavy (non-hydrogen) atoms. The fourth-order valence-electron chi connectivity index (χ4n) is 2.62. The number of hydrogen-bond acceptors (Lipinski definition) is 5. The first-order valence-electron chi connectivity index (χ1n) is 8.63. The Morgan fingerprint density at radius 1 is 1.17 bits per heavy atom. The van der Waals surface area contributed by atoms with Gasteiger partial charge in [0.25, 0.3) is 15.9 Å². The number of hydrogen-bond donors (Lipinski definition) is 2. The third-order valence-electron chi connectivity index (χ3n) is 4.08. The monoisotopic (exact) mass is 449 g/mol. The summed E-state index contributed by atoms with van der Waals surface area (Å²) in [6, 6.07) is 11.0. The van der Waals surface area contributed by atoms with Gasteiger partial charge in [-0.1, -0.05) is 29.8 Å². The maximum atomic E-state index is 13.2. The van der Waals surface area contributed by atoms with E-state index in [4.69, 9.17) is 16.3 Å². The average Bonchev–Trinajstić information content (AvgIpc) is 2.72. The number of rotatable bonds is 7. The van der Waals surface area contributed by atoms with Gasteiger partial charge in [0.15, 0.2) is 0 Å². The third kappa shape index (κ3) is 5.05. The number of aromatic nitrogens is 1. The zero-order valence-electron chi connectivity index (χ0n) is 15.7. The minimum absolute atomic E-state index is 0.000435. The molecule has 0 fully saturated rings. The zero-order chi connectivity index (χ0) is 21.7. The van der Waals surface area contributed by atoms with E-state index in [0.717, 1.165) is 6.07 Å². The average molecular weight is 450 g/mol. The maximum absolute atomic E-state index is 13.2. The molecule has 0 spiro atoms. The normalized spacial score (nSPS) is 11.0. The molecule has 0 bridgehead atoms. The van der Waals surface area contributed by atoms with E-state index in [2.05, 4.69) is 15.0 Å². The second kappa shape index (κ2) is 9.10. The van der Waals surface area contributed by atoms with Gasteiger partial charge < -0.3 is 10.1 Å². The topological polar surface area (TPSA) is 97.4 Å². The minimum atomic E-state index is -4.09. The van der Waals surface area contributed by atoms with Crippen molar-refractivity contribution in [1.29, 1.82) is 0 Å². The Morgan fingerprint density at radius 2 is 1.93 bits per heavy atom. The second-order valence-electron chi connectivity index (χ2n) is 6.13. The molecule has 0 atom stereocenters. The van der Waals surface area contributed by atoms with E-state index in [-0.39, 0.29) is 27.7 Å². The van der Waals surface area contributed by atoms with Crippen molar-refractivity contribution in [3.63, 3.8) is 0 Å². The van der Waals surface area contributed by atoms with Gasteiger partial charge in [0.1, 0.15) is 16.5 Å². The number of carbonyl (C=O) groups is 1. The van der Waals surface area contributed by atoms with Crippen LogP contribution in [0.1, 0.15) is 15.9 Å². The molecule has 2 aromatic carbocycles. The lowest BCUT2D eigenvalue weighted by atomic mass is 10.2. The first kappa shape index (κ1) is 21.5. The van der Waals surface area contributed by atoms with Crippen molar-refractivity contribution in [2.24, 2.45) is 0 Å². The van der Waals surface area contributed by atoms with E-state index in [0.29, 0.717) is 11.3 Å². The lowest BCUT2D eigenvalue weighted by Gasteiger charge is -2.13. The largest absolute Gasteiger partial charge is 0.495 e. The maximum Gasteiger partial charge on any atom is 0.262 e. The number of anilines is 1. The van der Waals surface area contributed by atoms with Crippen molar-refractivity contribution in [1.82, 2.24) is 10.3 Å². The van der Waals surface area contributed by atoms with Gasteiger partial charge in [0, 0.05) is 17.6 Å². The molecule has 0 aliphatic rings. The first-order chi connectivity index (χ1) is 14.3. The van der Waals surface area contributed by atoms with Gasteiger partial charge in [-0.3, -0.25) is 14.5 Å². The van der Waals surface area contributed by atoms with Crippen molar-refractivity contribution in [3.05, 3.63) is 82.9 Å². The Labute approximate surface area is 177 Å². The summed E-state index contributed by atoms with van der Waals surface area (Å²) in [6.45, 7) is -0.000435. The van der Waals surface area contributed by atoms with Crippen LogP contribution >= 0.6 is 11.6 Å². The van der Waals surface area contributed by atoms with Crippen LogP contribution in [0.4, 0.5) is 10.1 Å². The summed E-state index contributed by atoms with van der Waals surface area (Å²) >= 11 is 5.96. The Bertz CT molecular complexity index is 1190. The predicted octanol–water partition coefficient (Wildman–Crippen LogP) is 3.61. The van der Waals surface area contributed by atoms with Gasteiger partial charge >= 0.3 is 0 Å². The molecule has 3 rings (SSSR count). The van der Waals surface area contributed by atoms with Crippen LogP contribution in [0.15, 0.2) is 65.8 Å². The van der Waals surface area contributed by atoms with Crippen molar-refractivity contribution in [2.45, 2.75) is 11.4 Å². The first-order valence-corrected chi connectivity index (χ1v) is 10.5. The van der Waals surface area contributed by atoms with Gasteiger partial charge in [-0.2, -0.15) is 0 Å². The van der Waals surface area contributed by atoms with Crippen molar-refractivity contribution in [2.75, 3.05) is 11.8 Å². The number of pyridine rings is 1. The number of amides is 1. The summed E-state index contributed by atoms with van der Waals surface area (Å²) in [5.74, 6) is -0.748. The Hall–Kier alpha value is -3.17. The van der Waals surface area contributed by atoms with E-state index in [1.165, 1.54) is 55.9 Å². The van der Waals surface area contributed by atoms with Crippen LogP contribution in [0.3, 0.4) is 0 Å². The number of halogens is 2. The van der Waals surface area contributed by atoms with E-state index >= 15 is 0 Å². The van der Waals surface area contributed by atoms with Crippen LogP contribution in [-0.4, -0.2) is 26.4 Å².